The Hall–Kier alpha value is -1.51. The summed E-state index contributed by atoms with van der Waals surface area (Å²) in [5, 5.41) is 0. The highest BCUT2D eigenvalue weighted by molar-refractivity contribution is 5.95. The second-order valence-electron chi connectivity index (χ2n) is 11.6. The number of carbonyl (C=O) groups excluding carboxylic acids is 1. The van der Waals surface area contributed by atoms with Crippen molar-refractivity contribution in [2.45, 2.75) is 71.5 Å². The van der Waals surface area contributed by atoms with Gasteiger partial charge in [0.2, 0.25) is 0 Å². The summed E-state index contributed by atoms with van der Waals surface area (Å²) in [5.41, 5.74) is 4.96. The molecule has 0 unspecified atom stereocenters. The van der Waals surface area contributed by atoms with Gasteiger partial charge in [-0.3, -0.25) is 0 Å². The van der Waals surface area contributed by atoms with Gasteiger partial charge in [0.05, 0.1) is 17.3 Å². The van der Waals surface area contributed by atoms with Crippen molar-refractivity contribution < 1.29 is 14.3 Å². The summed E-state index contributed by atoms with van der Waals surface area (Å²) in [5.74, 6) is 2.51. The molecule has 0 aromatic heterocycles. The van der Waals surface area contributed by atoms with Crippen molar-refractivity contribution in [3.8, 4) is 0 Å². The first-order chi connectivity index (χ1) is 13.2. The largest absolute Gasteiger partial charge is 0.495 e. The normalized spacial score (nSPS) is 56.0. The average Bonchev–Trinajstić information content (AvgIpc) is 3.26. The van der Waals surface area contributed by atoms with E-state index in [2.05, 4.69) is 40.7 Å². The van der Waals surface area contributed by atoms with Crippen LogP contribution in [-0.2, 0) is 14.3 Å². The Balaban J connectivity index is 1.59. The maximum absolute atomic E-state index is 13.3. The van der Waals surface area contributed by atoms with Crippen LogP contribution in [0.5, 0.6) is 0 Å². The van der Waals surface area contributed by atoms with E-state index < -0.39 is 0 Å². The van der Waals surface area contributed by atoms with Crippen molar-refractivity contribution in [1.29, 1.82) is 0 Å². The van der Waals surface area contributed by atoms with Crippen molar-refractivity contribution in [3.05, 3.63) is 34.6 Å². The Morgan fingerprint density at radius 3 is 2.68 bits per heavy atom. The van der Waals surface area contributed by atoms with Crippen molar-refractivity contribution in [1.82, 2.24) is 0 Å². The van der Waals surface area contributed by atoms with Gasteiger partial charge >= 0.3 is 5.97 Å². The van der Waals surface area contributed by atoms with Crippen molar-refractivity contribution in [2.24, 2.45) is 40.4 Å². The molecule has 2 spiro atoms. The number of hydrogen-bond donors (Lipinski definition) is 0. The van der Waals surface area contributed by atoms with Gasteiger partial charge in [-0.1, -0.05) is 29.7 Å². The molecule has 7 aliphatic rings. The zero-order chi connectivity index (χ0) is 19.4. The molecule has 0 aromatic carbocycles. The van der Waals surface area contributed by atoms with Gasteiger partial charge in [-0.05, 0) is 70.6 Å². The minimum atomic E-state index is -0.365. The standard InChI is InChI=1S/C25H30O3/c1-12-6-7-19-23(5)16-8-14(16)13(2)17(23)10-24-18-11-27-22(3,4)20(24)9-15(12)25(19,24)28-21(18)26/h6,11,14-16,19-20H,7-10H2,1-5H3/t14-,15+,16-,19+,20+,23+,24-,25-/m1/s1. The number of carbonyl (C=O) groups is 1. The summed E-state index contributed by atoms with van der Waals surface area (Å²) < 4.78 is 12.8. The molecule has 0 amide bonds. The maximum Gasteiger partial charge on any atom is 0.338 e. The van der Waals surface area contributed by atoms with Crippen molar-refractivity contribution in [3.63, 3.8) is 0 Å². The van der Waals surface area contributed by atoms with Gasteiger partial charge in [-0.15, -0.1) is 0 Å². The van der Waals surface area contributed by atoms with Gasteiger partial charge in [0.25, 0.3) is 0 Å². The van der Waals surface area contributed by atoms with E-state index in [0.29, 0.717) is 17.8 Å². The SMILES string of the molecule is CC1=CC[C@H]2[C@]3(C)C(=C(C)[C@H]4C[C@H]43)C[C@@]34C5=COC(C)(C)[C@@H]3C[C@@H]1[C@@]24OC5=O. The molecule has 8 atom stereocenters. The number of hydrogen-bond acceptors (Lipinski definition) is 3. The van der Waals surface area contributed by atoms with Gasteiger partial charge in [0, 0.05) is 17.8 Å². The number of allylic oxidation sites excluding steroid dienone is 3. The van der Waals surface area contributed by atoms with E-state index in [9.17, 15) is 4.79 Å². The van der Waals surface area contributed by atoms with Crippen LogP contribution < -0.4 is 0 Å². The van der Waals surface area contributed by atoms with Gasteiger partial charge in [0.15, 0.2) is 0 Å². The van der Waals surface area contributed by atoms with E-state index in [-0.39, 0.29) is 28.0 Å². The molecule has 0 aromatic rings. The van der Waals surface area contributed by atoms with Crippen LogP contribution in [0.1, 0.15) is 60.3 Å². The molecule has 28 heavy (non-hydrogen) atoms. The highest BCUT2D eigenvalue weighted by atomic mass is 16.6. The molecule has 148 valence electrons. The number of ether oxygens (including phenoxy) is 2. The third-order valence-corrected chi connectivity index (χ3v) is 10.7. The molecular weight excluding hydrogens is 348 g/mol. The first kappa shape index (κ1) is 16.3. The molecule has 0 radical (unpaired) electrons. The van der Waals surface area contributed by atoms with Crippen LogP contribution >= 0.6 is 0 Å². The quantitative estimate of drug-likeness (QED) is 0.442. The van der Waals surface area contributed by atoms with Crippen LogP contribution in [0.25, 0.3) is 0 Å². The monoisotopic (exact) mass is 378 g/mol. The van der Waals surface area contributed by atoms with Crippen LogP contribution in [0, 0.1) is 40.4 Å². The third-order valence-electron chi connectivity index (χ3n) is 10.7. The van der Waals surface area contributed by atoms with Crippen LogP contribution in [0.15, 0.2) is 34.6 Å². The molecule has 3 heteroatoms. The van der Waals surface area contributed by atoms with Gasteiger partial charge in [-0.2, -0.15) is 0 Å². The Labute approximate surface area is 167 Å². The molecule has 1 saturated heterocycles. The highest BCUT2D eigenvalue weighted by Crippen LogP contribution is 2.84. The highest BCUT2D eigenvalue weighted by Gasteiger charge is 2.85. The molecule has 0 N–H and O–H groups in total. The van der Waals surface area contributed by atoms with Crippen LogP contribution in [0.4, 0.5) is 0 Å². The second-order valence-corrected chi connectivity index (χ2v) is 11.6. The van der Waals surface area contributed by atoms with Crippen molar-refractivity contribution >= 4 is 5.97 Å². The zero-order valence-electron chi connectivity index (χ0n) is 17.6. The summed E-state index contributed by atoms with van der Waals surface area (Å²) in [4.78, 5) is 13.3. The summed E-state index contributed by atoms with van der Waals surface area (Å²) in [7, 11) is 0. The summed E-state index contributed by atoms with van der Waals surface area (Å²) >= 11 is 0. The minimum absolute atomic E-state index is 0.0981. The predicted octanol–water partition coefficient (Wildman–Crippen LogP) is 4.94. The average molecular weight is 379 g/mol. The fourth-order valence-electron chi connectivity index (χ4n) is 9.57. The first-order valence-electron chi connectivity index (χ1n) is 11.2. The summed E-state index contributed by atoms with van der Waals surface area (Å²) in [6, 6.07) is 0. The smallest absolute Gasteiger partial charge is 0.338 e. The van der Waals surface area contributed by atoms with Gasteiger partial charge in [-0.25, -0.2) is 4.79 Å². The molecule has 4 fully saturated rings. The molecule has 7 rings (SSSR count). The Kier molecular flexibility index (Phi) is 2.43. The molecule has 2 heterocycles. The minimum Gasteiger partial charge on any atom is -0.495 e. The predicted molar refractivity (Wildman–Crippen MR) is 105 cm³/mol. The lowest BCUT2D eigenvalue weighted by Crippen LogP contribution is -2.65. The van der Waals surface area contributed by atoms with E-state index in [1.165, 1.54) is 12.0 Å². The Morgan fingerprint density at radius 2 is 1.89 bits per heavy atom. The lowest BCUT2D eigenvalue weighted by Gasteiger charge is -2.62. The Bertz CT molecular complexity index is 966. The fraction of sp³-hybridized carbons (Fsp3) is 0.720. The molecule has 2 aliphatic heterocycles. The Morgan fingerprint density at radius 1 is 1.11 bits per heavy atom. The molecule has 3 saturated carbocycles. The molecule has 3 nitrogen and oxygen atoms in total. The number of rotatable bonds is 0. The van der Waals surface area contributed by atoms with Gasteiger partial charge < -0.3 is 9.47 Å². The second kappa shape index (κ2) is 4.18. The van der Waals surface area contributed by atoms with E-state index in [0.717, 1.165) is 36.7 Å². The first-order valence-corrected chi connectivity index (χ1v) is 11.2. The molecule has 5 aliphatic carbocycles. The summed E-state index contributed by atoms with van der Waals surface area (Å²) in [6.07, 6.45) is 8.76. The summed E-state index contributed by atoms with van der Waals surface area (Å²) in [6.45, 7) is 11.6. The van der Waals surface area contributed by atoms with E-state index in [1.54, 1.807) is 17.4 Å². The maximum atomic E-state index is 13.3. The van der Waals surface area contributed by atoms with E-state index in [1.807, 2.05) is 0 Å². The van der Waals surface area contributed by atoms with Crippen molar-refractivity contribution in [2.75, 3.05) is 0 Å². The lowest BCUT2D eigenvalue weighted by atomic mass is 9.43. The van der Waals surface area contributed by atoms with Crippen LogP contribution in [-0.4, -0.2) is 17.2 Å². The number of fused-ring (bicyclic) bond motifs is 4. The fourth-order valence-corrected chi connectivity index (χ4v) is 9.57. The van der Waals surface area contributed by atoms with Gasteiger partial charge in [0.1, 0.15) is 11.2 Å². The van der Waals surface area contributed by atoms with E-state index >= 15 is 0 Å². The molecular formula is C25H30O3. The topological polar surface area (TPSA) is 35.5 Å². The third kappa shape index (κ3) is 1.29. The van der Waals surface area contributed by atoms with E-state index in [4.69, 9.17) is 9.47 Å². The van der Waals surface area contributed by atoms with Crippen LogP contribution in [0.3, 0.4) is 0 Å². The zero-order valence-corrected chi connectivity index (χ0v) is 17.6. The van der Waals surface area contributed by atoms with Crippen LogP contribution in [0.2, 0.25) is 0 Å². The lowest BCUT2D eigenvalue weighted by molar-refractivity contribution is -0.192. The molecule has 0 bridgehead atoms. The number of esters is 1.